The number of fused-ring (bicyclic) bond motifs is 1. The molecule has 0 saturated heterocycles. The number of aliphatic hydroxyl groups is 1. The third-order valence-corrected chi connectivity index (χ3v) is 6.45. The van der Waals surface area contributed by atoms with Gasteiger partial charge in [0.25, 0.3) is 0 Å². The van der Waals surface area contributed by atoms with Crippen LogP contribution in [0.1, 0.15) is 36.6 Å². The Hall–Kier alpha value is -4.03. The number of hydrogen-bond acceptors (Lipinski definition) is 5. The van der Waals surface area contributed by atoms with E-state index < -0.39 is 17.5 Å². The Morgan fingerprint density at radius 2 is 1.64 bits per heavy atom. The van der Waals surface area contributed by atoms with Crippen molar-refractivity contribution in [2.24, 2.45) is 0 Å². The van der Waals surface area contributed by atoms with Gasteiger partial charge in [0, 0.05) is 22.9 Å². The summed E-state index contributed by atoms with van der Waals surface area (Å²) in [5.74, 6) is -0.353. The molecule has 6 heteroatoms. The second-order valence-electron chi connectivity index (χ2n) is 9.24. The van der Waals surface area contributed by atoms with Crippen LogP contribution in [-0.4, -0.2) is 33.0 Å². The van der Waals surface area contributed by atoms with Crippen molar-refractivity contribution in [1.82, 2.24) is 4.98 Å². The molecule has 4 aromatic rings. The van der Waals surface area contributed by atoms with Crippen LogP contribution in [0.25, 0.3) is 10.9 Å². The summed E-state index contributed by atoms with van der Waals surface area (Å²) >= 11 is 0. The van der Waals surface area contributed by atoms with E-state index in [1.807, 2.05) is 97.9 Å². The Bertz CT molecular complexity index is 1340. The number of ether oxygens (including phenoxy) is 1. The third kappa shape index (κ3) is 6.15. The van der Waals surface area contributed by atoms with Crippen LogP contribution >= 0.6 is 0 Å². The number of carboxylic acids is 1. The molecule has 0 spiro atoms. The fourth-order valence-electron chi connectivity index (χ4n) is 4.38. The van der Waals surface area contributed by atoms with Gasteiger partial charge in [-0.3, -0.25) is 4.79 Å². The smallest absolute Gasteiger partial charge is 0.305 e. The Kier molecular flexibility index (Phi) is 7.76. The van der Waals surface area contributed by atoms with Crippen LogP contribution in [0.4, 0.5) is 0 Å². The molecule has 184 valence electrons. The predicted octanol–water partition coefficient (Wildman–Crippen LogP) is 5.56. The molecule has 3 aromatic carbocycles. The van der Waals surface area contributed by atoms with Crippen molar-refractivity contribution in [3.8, 4) is 5.75 Å². The summed E-state index contributed by atoms with van der Waals surface area (Å²) < 4.78 is 5.95. The summed E-state index contributed by atoms with van der Waals surface area (Å²) in [6.07, 6.45) is -0.956. The number of hydrogen-bond donors (Lipinski definition) is 3. The molecular weight excluding hydrogens is 452 g/mol. The van der Waals surface area contributed by atoms with Crippen LogP contribution in [0.2, 0.25) is 0 Å². The molecule has 0 aliphatic heterocycles. The van der Waals surface area contributed by atoms with Crippen molar-refractivity contribution < 1.29 is 19.7 Å². The molecule has 0 amide bonds. The number of nitrogens with zero attached hydrogens (tertiary/aromatic N) is 1. The van der Waals surface area contributed by atoms with Crippen molar-refractivity contribution in [2.75, 3.05) is 0 Å². The van der Waals surface area contributed by atoms with Gasteiger partial charge in [0.1, 0.15) is 12.4 Å². The largest absolute Gasteiger partial charge is 0.487 e. The Morgan fingerprint density at radius 3 is 2.36 bits per heavy atom. The number of benzene rings is 3. The number of aliphatic carboxylic acids is 1. The number of aliphatic hydroxyl groups excluding tert-OH is 1. The van der Waals surface area contributed by atoms with Gasteiger partial charge in [-0.15, -0.1) is 0 Å². The first-order valence-electron chi connectivity index (χ1n) is 11.9. The Balaban J connectivity index is 1.46. The number of para-hydroxylation sites is 1. The second-order valence-corrected chi connectivity index (χ2v) is 9.24. The number of carboxylic acid groups (broad SMARTS) is 1. The number of rotatable bonds is 11. The maximum absolute atomic E-state index is 11.0. The first-order chi connectivity index (χ1) is 17.3. The van der Waals surface area contributed by atoms with Crippen molar-refractivity contribution in [3.63, 3.8) is 0 Å². The lowest BCUT2D eigenvalue weighted by atomic mass is 9.72. The molecule has 0 aliphatic rings. The maximum atomic E-state index is 11.0. The summed E-state index contributed by atoms with van der Waals surface area (Å²) in [6, 6.07) is 29.4. The van der Waals surface area contributed by atoms with Crippen LogP contribution in [-0.2, 0) is 23.2 Å². The van der Waals surface area contributed by atoms with Crippen molar-refractivity contribution >= 4 is 22.6 Å². The average molecular weight is 483 g/mol. The van der Waals surface area contributed by atoms with Gasteiger partial charge in [-0.25, -0.2) is 4.98 Å². The Labute approximate surface area is 210 Å². The summed E-state index contributed by atoms with van der Waals surface area (Å²) in [5.41, 5.74) is 3.34. The first-order valence-corrected chi connectivity index (χ1v) is 11.9. The SMILES string of the molecule is CC(Cc1ccc(OCc2ccc3ccccc3n2)cc1)(C(=N)CC(O)CC(=O)O)c1ccccc1. The van der Waals surface area contributed by atoms with Gasteiger partial charge in [-0.1, -0.05) is 66.7 Å². The predicted molar refractivity (Wildman–Crippen MR) is 141 cm³/mol. The molecule has 1 heterocycles. The molecular formula is C30H30N2O4. The zero-order valence-corrected chi connectivity index (χ0v) is 20.2. The molecule has 0 radical (unpaired) electrons. The molecule has 2 atom stereocenters. The molecule has 36 heavy (non-hydrogen) atoms. The van der Waals surface area contributed by atoms with Gasteiger partial charge < -0.3 is 20.4 Å². The lowest BCUT2D eigenvalue weighted by Gasteiger charge is -2.32. The zero-order valence-electron chi connectivity index (χ0n) is 20.2. The molecule has 1 aromatic heterocycles. The average Bonchev–Trinajstić information content (AvgIpc) is 2.88. The van der Waals surface area contributed by atoms with E-state index >= 15 is 0 Å². The number of pyridine rings is 1. The Morgan fingerprint density at radius 1 is 0.944 bits per heavy atom. The fourth-order valence-corrected chi connectivity index (χ4v) is 4.38. The lowest BCUT2D eigenvalue weighted by molar-refractivity contribution is -0.139. The van der Waals surface area contributed by atoms with E-state index in [1.54, 1.807) is 0 Å². The van der Waals surface area contributed by atoms with E-state index in [4.69, 9.17) is 15.3 Å². The van der Waals surface area contributed by atoms with Gasteiger partial charge in [0.2, 0.25) is 0 Å². The molecule has 0 aliphatic carbocycles. The van der Waals surface area contributed by atoms with E-state index in [1.165, 1.54) is 0 Å². The summed E-state index contributed by atoms with van der Waals surface area (Å²) in [5, 5.41) is 29.0. The van der Waals surface area contributed by atoms with Crippen molar-refractivity contribution in [3.05, 3.63) is 108 Å². The molecule has 6 nitrogen and oxygen atoms in total. The van der Waals surface area contributed by atoms with Crippen LogP contribution in [0.3, 0.4) is 0 Å². The number of nitrogens with one attached hydrogen (secondary N) is 1. The van der Waals surface area contributed by atoms with E-state index in [9.17, 15) is 9.90 Å². The zero-order chi connectivity index (χ0) is 25.5. The highest BCUT2D eigenvalue weighted by Gasteiger charge is 2.33. The van der Waals surface area contributed by atoms with Crippen molar-refractivity contribution in [1.29, 1.82) is 5.41 Å². The summed E-state index contributed by atoms with van der Waals surface area (Å²) in [4.78, 5) is 15.6. The van der Waals surface area contributed by atoms with Crippen molar-refractivity contribution in [2.45, 2.75) is 44.3 Å². The summed E-state index contributed by atoms with van der Waals surface area (Å²) in [7, 11) is 0. The summed E-state index contributed by atoms with van der Waals surface area (Å²) in [6.45, 7) is 2.33. The lowest BCUT2D eigenvalue weighted by Crippen LogP contribution is -2.37. The van der Waals surface area contributed by atoms with Gasteiger partial charge >= 0.3 is 5.97 Å². The van der Waals surface area contributed by atoms with Gasteiger partial charge in [0.05, 0.1) is 23.7 Å². The first kappa shape index (κ1) is 25.1. The van der Waals surface area contributed by atoms with E-state index in [0.717, 1.165) is 33.5 Å². The minimum Gasteiger partial charge on any atom is -0.487 e. The van der Waals surface area contributed by atoms with E-state index in [-0.39, 0.29) is 12.8 Å². The standard InChI is InChI=1S/C30H30N2O4/c1-30(23-8-3-2-4-9-23,28(31)17-25(33)18-29(34)35)19-21-11-15-26(16-12-21)36-20-24-14-13-22-7-5-6-10-27(22)32-24/h2-16,25,31,33H,17-20H2,1H3,(H,34,35). The van der Waals surface area contributed by atoms with Crippen LogP contribution in [0.15, 0.2) is 91.0 Å². The van der Waals surface area contributed by atoms with Gasteiger partial charge in [-0.05, 0) is 48.7 Å². The molecule has 0 saturated carbocycles. The number of aromatic nitrogens is 1. The minimum absolute atomic E-state index is 0.00233. The quantitative estimate of drug-likeness (QED) is 0.243. The van der Waals surface area contributed by atoms with Gasteiger partial charge in [0.15, 0.2) is 0 Å². The maximum Gasteiger partial charge on any atom is 0.305 e. The van der Waals surface area contributed by atoms with Crippen LogP contribution in [0.5, 0.6) is 5.75 Å². The normalized spacial score (nSPS) is 13.6. The van der Waals surface area contributed by atoms with Crippen LogP contribution < -0.4 is 4.74 Å². The third-order valence-electron chi connectivity index (χ3n) is 6.45. The monoisotopic (exact) mass is 482 g/mol. The van der Waals surface area contributed by atoms with E-state index in [0.29, 0.717) is 18.7 Å². The highest BCUT2D eigenvalue weighted by molar-refractivity contribution is 5.93. The molecule has 0 fully saturated rings. The fraction of sp³-hybridized carbons (Fsp3) is 0.233. The van der Waals surface area contributed by atoms with Crippen LogP contribution in [0, 0.1) is 5.41 Å². The number of carbonyl (C=O) groups is 1. The van der Waals surface area contributed by atoms with E-state index in [2.05, 4.69) is 4.98 Å². The molecule has 3 N–H and O–H groups in total. The second kappa shape index (κ2) is 11.1. The minimum atomic E-state index is -1.10. The highest BCUT2D eigenvalue weighted by atomic mass is 16.5. The molecule has 0 bridgehead atoms. The topological polar surface area (TPSA) is 104 Å². The molecule has 2 unspecified atom stereocenters. The molecule has 4 rings (SSSR count). The van der Waals surface area contributed by atoms with Gasteiger partial charge in [-0.2, -0.15) is 0 Å². The highest BCUT2D eigenvalue weighted by Crippen LogP contribution is 2.32.